The lowest BCUT2D eigenvalue weighted by atomic mass is 9.96. The van der Waals surface area contributed by atoms with Crippen molar-refractivity contribution < 1.29 is 13.9 Å². The van der Waals surface area contributed by atoms with E-state index in [-0.39, 0.29) is 11.8 Å². The van der Waals surface area contributed by atoms with Gasteiger partial charge < -0.3 is 14.1 Å². The van der Waals surface area contributed by atoms with Gasteiger partial charge in [-0.05, 0) is 55.7 Å². The predicted molar refractivity (Wildman–Crippen MR) is 129 cm³/mol. The predicted octanol–water partition coefficient (Wildman–Crippen LogP) is 5.59. The van der Waals surface area contributed by atoms with Gasteiger partial charge >= 0.3 is 0 Å². The summed E-state index contributed by atoms with van der Waals surface area (Å²) in [6.45, 7) is 3.85. The molecular formula is C26H25N3O3S. The Balaban J connectivity index is 1.12. The number of nitrogens with zero attached hydrogens (tertiary/aromatic N) is 3. The Morgan fingerprint density at radius 1 is 1.15 bits per heavy atom. The average Bonchev–Trinajstić information content (AvgIpc) is 3.48. The van der Waals surface area contributed by atoms with Gasteiger partial charge in [0.2, 0.25) is 5.91 Å². The Kier molecular flexibility index (Phi) is 6.21. The Bertz CT molecular complexity index is 1230. The van der Waals surface area contributed by atoms with Crippen molar-refractivity contribution in [2.45, 2.75) is 32.3 Å². The number of oxazole rings is 1. The molecule has 33 heavy (non-hydrogen) atoms. The van der Waals surface area contributed by atoms with Crippen molar-refractivity contribution in [3.05, 3.63) is 82.1 Å². The van der Waals surface area contributed by atoms with Gasteiger partial charge in [-0.15, -0.1) is 11.3 Å². The monoisotopic (exact) mass is 459 g/mol. The number of piperidine rings is 1. The van der Waals surface area contributed by atoms with Crippen molar-refractivity contribution in [2.24, 2.45) is 0 Å². The lowest BCUT2D eigenvalue weighted by molar-refractivity contribution is -0.127. The van der Waals surface area contributed by atoms with Crippen LogP contribution in [0.25, 0.3) is 17.2 Å². The number of benzene rings is 2. The first kappa shape index (κ1) is 21.4. The molecule has 0 unspecified atom stereocenters. The number of rotatable bonds is 6. The Morgan fingerprint density at radius 2 is 1.94 bits per heavy atom. The molecule has 1 fully saturated rings. The number of likely N-dealkylation sites (tertiary alicyclic amines) is 1. The summed E-state index contributed by atoms with van der Waals surface area (Å²) in [5.41, 5.74) is 3.61. The highest BCUT2D eigenvalue weighted by atomic mass is 32.1. The molecule has 2 aromatic heterocycles. The van der Waals surface area contributed by atoms with Crippen LogP contribution in [-0.2, 0) is 11.4 Å². The summed E-state index contributed by atoms with van der Waals surface area (Å²) in [6, 6.07) is 15.5. The molecule has 1 aliphatic heterocycles. The first-order chi connectivity index (χ1) is 16.1. The maximum atomic E-state index is 12.7. The van der Waals surface area contributed by atoms with Crippen molar-refractivity contribution in [1.29, 1.82) is 0 Å². The summed E-state index contributed by atoms with van der Waals surface area (Å²) < 4.78 is 11.7. The molecule has 4 aromatic rings. The molecule has 7 heteroatoms. The molecule has 5 rings (SSSR count). The summed E-state index contributed by atoms with van der Waals surface area (Å²) in [5, 5.41) is 3.04. The molecule has 0 aliphatic carbocycles. The third-order valence-electron chi connectivity index (χ3n) is 5.82. The second-order valence-electron chi connectivity index (χ2n) is 8.17. The van der Waals surface area contributed by atoms with Crippen LogP contribution in [0.3, 0.4) is 0 Å². The van der Waals surface area contributed by atoms with Crippen molar-refractivity contribution in [1.82, 2.24) is 14.9 Å². The normalized spacial score (nSPS) is 14.9. The van der Waals surface area contributed by atoms with Crippen LogP contribution in [0.5, 0.6) is 5.75 Å². The van der Waals surface area contributed by atoms with Gasteiger partial charge in [-0.25, -0.2) is 9.97 Å². The lowest BCUT2D eigenvalue weighted by Crippen LogP contribution is -2.36. The third kappa shape index (κ3) is 5.14. The smallest absolute Gasteiger partial charge is 0.246 e. The second-order valence-corrected chi connectivity index (χ2v) is 9.23. The molecule has 1 aliphatic rings. The van der Waals surface area contributed by atoms with Crippen LogP contribution in [0.2, 0.25) is 0 Å². The van der Waals surface area contributed by atoms with Gasteiger partial charge in [0.1, 0.15) is 17.9 Å². The standard InChI is InChI=1S/C26H25N3O3S/c1-18-27-21(17-33-18)16-31-22-9-6-19(7-10-22)8-11-25(30)29-14-12-20(13-15-29)26-28-23-4-2-3-5-24(23)32-26/h2-11,17,20H,12-16H2,1H3/b11-8+. The fourth-order valence-corrected chi connectivity index (χ4v) is 4.59. The third-order valence-corrected chi connectivity index (χ3v) is 6.64. The molecule has 168 valence electrons. The minimum absolute atomic E-state index is 0.0326. The number of fused-ring (bicyclic) bond motifs is 1. The summed E-state index contributed by atoms with van der Waals surface area (Å²) in [5.74, 6) is 1.85. The molecule has 0 saturated carbocycles. The molecule has 0 N–H and O–H groups in total. The molecule has 1 amide bonds. The number of carbonyl (C=O) groups excluding carboxylic acids is 1. The van der Waals surface area contributed by atoms with Gasteiger partial charge in [-0.1, -0.05) is 24.3 Å². The lowest BCUT2D eigenvalue weighted by Gasteiger charge is -2.29. The number of ether oxygens (including phenoxy) is 1. The average molecular weight is 460 g/mol. The molecular weight excluding hydrogens is 434 g/mol. The van der Waals surface area contributed by atoms with E-state index in [4.69, 9.17) is 9.15 Å². The van der Waals surface area contributed by atoms with Crippen LogP contribution in [0.15, 0.2) is 64.4 Å². The maximum Gasteiger partial charge on any atom is 0.246 e. The van der Waals surface area contributed by atoms with E-state index in [1.807, 2.05) is 71.8 Å². The fourth-order valence-electron chi connectivity index (χ4n) is 3.99. The van der Waals surface area contributed by atoms with Crippen LogP contribution < -0.4 is 4.74 Å². The number of hydrogen-bond donors (Lipinski definition) is 0. The van der Waals surface area contributed by atoms with E-state index in [2.05, 4.69) is 9.97 Å². The number of hydrogen-bond acceptors (Lipinski definition) is 6. The number of aromatic nitrogens is 2. The molecule has 1 saturated heterocycles. The summed E-state index contributed by atoms with van der Waals surface area (Å²) in [4.78, 5) is 23.6. The van der Waals surface area contributed by atoms with Gasteiger partial charge in [-0.2, -0.15) is 0 Å². The quantitative estimate of drug-likeness (QED) is 0.352. The first-order valence-electron chi connectivity index (χ1n) is 11.1. The van der Waals surface area contributed by atoms with Crippen molar-refractivity contribution in [2.75, 3.05) is 13.1 Å². The second kappa shape index (κ2) is 9.58. The SMILES string of the molecule is Cc1nc(COc2ccc(/C=C/C(=O)N3CCC(c4nc5ccccc5o4)CC3)cc2)cs1. The number of aryl methyl sites for hydroxylation is 1. The van der Waals surface area contributed by atoms with Crippen molar-refractivity contribution in [3.8, 4) is 5.75 Å². The van der Waals surface area contributed by atoms with Gasteiger partial charge in [0.15, 0.2) is 11.5 Å². The highest BCUT2D eigenvalue weighted by Gasteiger charge is 2.26. The van der Waals surface area contributed by atoms with Gasteiger partial charge in [0.05, 0.1) is 10.7 Å². The van der Waals surface area contributed by atoms with Crippen LogP contribution in [0.1, 0.15) is 40.9 Å². The number of amides is 1. The molecule has 0 spiro atoms. The van der Waals surface area contributed by atoms with E-state index in [1.54, 1.807) is 17.4 Å². The van der Waals surface area contributed by atoms with E-state index >= 15 is 0 Å². The van der Waals surface area contributed by atoms with Crippen LogP contribution in [-0.4, -0.2) is 33.9 Å². The fraction of sp³-hybridized carbons (Fsp3) is 0.269. The first-order valence-corrected chi connectivity index (χ1v) is 12.0. The largest absolute Gasteiger partial charge is 0.487 e. The Hall–Kier alpha value is -3.45. The number of carbonyl (C=O) groups is 1. The Morgan fingerprint density at radius 3 is 2.67 bits per heavy atom. The minimum atomic E-state index is 0.0326. The van der Waals surface area contributed by atoms with Gasteiger partial charge in [0, 0.05) is 30.5 Å². The summed E-state index contributed by atoms with van der Waals surface area (Å²) in [7, 11) is 0. The van der Waals surface area contributed by atoms with E-state index in [1.165, 1.54) is 0 Å². The molecule has 3 heterocycles. The zero-order chi connectivity index (χ0) is 22.6. The van der Waals surface area contributed by atoms with Crippen molar-refractivity contribution in [3.63, 3.8) is 0 Å². The molecule has 0 radical (unpaired) electrons. The van der Waals surface area contributed by atoms with E-state index < -0.39 is 0 Å². The molecule has 6 nitrogen and oxygen atoms in total. The maximum absolute atomic E-state index is 12.7. The zero-order valence-corrected chi connectivity index (χ0v) is 19.3. The van der Waals surface area contributed by atoms with E-state index in [0.717, 1.165) is 51.8 Å². The van der Waals surface area contributed by atoms with E-state index in [9.17, 15) is 4.79 Å². The minimum Gasteiger partial charge on any atom is -0.487 e. The molecule has 2 aromatic carbocycles. The zero-order valence-electron chi connectivity index (χ0n) is 18.4. The van der Waals surface area contributed by atoms with Crippen molar-refractivity contribution >= 4 is 34.4 Å². The number of thiazole rings is 1. The van der Waals surface area contributed by atoms with E-state index in [0.29, 0.717) is 19.7 Å². The summed E-state index contributed by atoms with van der Waals surface area (Å²) in [6.07, 6.45) is 5.21. The van der Waals surface area contributed by atoms with Gasteiger partial charge in [0.25, 0.3) is 0 Å². The highest BCUT2D eigenvalue weighted by Crippen LogP contribution is 2.30. The van der Waals surface area contributed by atoms with Crippen LogP contribution in [0.4, 0.5) is 0 Å². The molecule has 0 atom stereocenters. The van der Waals surface area contributed by atoms with Gasteiger partial charge in [-0.3, -0.25) is 4.79 Å². The highest BCUT2D eigenvalue weighted by molar-refractivity contribution is 7.09. The summed E-state index contributed by atoms with van der Waals surface area (Å²) >= 11 is 1.62. The van der Waals surface area contributed by atoms with Crippen LogP contribution >= 0.6 is 11.3 Å². The number of para-hydroxylation sites is 2. The van der Waals surface area contributed by atoms with Crippen LogP contribution in [0, 0.1) is 6.92 Å². The topological polar surface area (TPSA) is 68.5 Å². The molecule has 0 bridgehead atoms. The Labute approximate surface area is 196 Å².